The van der Waals surface area contributed by atoms with Gasteiger partial charge in [0.05, 0.1) is 4.88 Å². The first-order chi connectivity index (χ1) is 10.7. The summed E-state index contributed by atoms with van der Waals surface area (Å²) in [6, 6.07) is 8.50. The number of carbonyl (C=O) groups excluding carboxylic acids is 1. The van der Waals surface area contributed by atoms with Gasteiger partial charge in [0.1, 0.15) is 5.76 Å². The second-order valence-corrected chi connectivity index (χ2v) is 7.00. The van der Waals surface area contributed by atoms with Crippen molar-refractivity contribution >= 4 is 17.2 Å². The highest BCUT2D eigenvalue weighted by Crippen LogP contribution is 2.32. The van der Waals surface area contributed by atoms with Gasteiger partial charge in [0.2, 0.25) is 0 Å². The Hall–Kier alpha value is -1.79. The molecule has 4 heterocycles. The third-order valence-electron chi connectivity index (χ3n) is 4.34. The molecule has 116 valence electrons. The molecule has 3 unspecified atom stereocenters. The van der Waals surface area contributed by atoms with Crippen LogP contribution in [0, 0.1) is 6.92 Å². The summed E-state index contributed by atoms with van der Waals surface area (Å²) >= 11 is 1.33. The summed E-state index contributed by atoms with van der Waals surface area (Å²) in [7, 11) is 0. The quantitative estimate of drug-likeness (QED) is 0.909. The van der Waals surface area contributed by atoms with Gasteiger partial charge in [-0.2, -0.15) is 0 Å². The Morgan fingerprint density at radius 1 is 1.36 bits per heavy atom. The van der Waals surface area contributed by atoms with Crippen molar-refractivity contribution in [2.45, 2.75) is 44.3 Å². The number of hydrogen-bond acceptors (Lipinski definition) is 5. The Bertz CT molecular complexity index is 693. The number of thiophene rings is 1. The molecule has 2 bridgehead atoms. The minimum atomic E-state index is -0.0187. The van der Waals surface area contributed by atoms with Crippen LogP contribution in [0.15, 0.2) is 28.7 Å². The Morgan fingerprint density at radius 2 is 2.27 bits per heavy atom. The largest absolute Gasteiger partial charge is 0.431 e. The summed E-state index contributed by atoms with van der Waals surface area (Å²) in [6.07, 6.45) is 3.43. The summed E-state index contributed by atoms with van der Waals surface area (Å²) in [5.41, 5.74) is 0. The van der Waals surface area contributed by atoms with E-state index in [2.05, 4.69) is 10.6 Å². The number of hydrogen-bond donors (Lipinski definition) is 2. The van der Waals surface area contributed by atoms with Crippen molar-refractivity contribution in [3.05, 3.63) is 34.9 Å². The molecule has 3 atom stereocenters. The molecule has 5 nitrogen and oxygen atoms in total. The molecule has 0 saturated carbocycles. The van der Waals surface area contributed by atoms with E-state index in [1.807, 2.05) is 13.0 Å². The lowest BCUT2D eigenvalue weighted by molar-refractivity contribution is 0.0935. The van der Waals surface area contributed by atoms with Crippen LogP contribution in [0.5, 0.6) is 11.0 Å². The van der Waals surface area contributed by atoms with Crippen LogP contribution in [-0.4, -0.2) is 24.0 Å². The maximum atomic E-state index is 12.3. The minimum Gasteiger partial charge on any atom is -0.431 e. The van der Waals surface area contributed by atoms with Crippen molar-refractivity contribution in [3.8, 4) is 11.0 Å². The fraction of sp³-hybridized carbons (Fsp3) is 0.438. The van der Waals surface area contributed by atoms with Gasteiger partial charge >= 0.3 is 0 Å². The second-order valence-electron chi connectivity index (χ2n) is 5.95. The number of furan rings is 1. The average molecular weight is 318 g/mol. The van der Waals surface area contributed by atoms with Gasteiger partial charge in [0.15, 0.2) is 5.06 Å². The van der Waals surface area contributed by atoms with Crippen LogP contribution in [0.2, 0.25) is 0 Å². The van der Waals surface area contributed by atoms with Crippen LogP contribution in [0.3, 0.4) is 0 Å². The van der Waals surface area contributed by atoms with E-state index in [1.54, 1.807) is 18.2 Å². The van der Waals surface area contributed by atoms with Gasteiger partial charge in [0, 0.05) is 24.2 Å². The summed E-state index contributed by atoms with van der Waals surface area (Å²) in [4.78, 5) is 13.0. The first kappa shape index (κ1) is 13.8. The lowest BCUT2D eigenvalue weighted by Gasteiger charge is -2.20. The molecule has 2 aromatic heterocycles. The summed E-state index contributed by atoms with van der Waals surface area (Å²) in [6.45, 7) is 1.86. The molecule has 2 saturated heterocycles. The molecule has 4 rings (SSSR count). The number of carbonyl (C=O) groups is 1. The third-order valence-corrected chi connectivity index (χ3v) is 5.30. The number of amides is 1. The molecule has 22 heavy (non-hydrogen) atoms. The van der Waals surface area contributed by atoms with E-state index in [-0.39, 0.29) is 11.9 Å². The molecular weight excluding hydrogens is 300 g/mol. The lowest BCUT2D eigenvalue weighted by atomic mass is 9.95. The number of rotatable bonds is 4. The fourth-order valence-electron chi connectivity index (χ4n) is 3.29. The van der Waals surface area contributed by atoms with Crippen LogP contribution in [0.4, 0.5) is 0 Å². The molecular formula is C16H18N2O3S. The minimum absolute atomic E-state index is 0.0187. The normalized spacial score (nSPS) is 26.3. The average Bonchev–Trinajstić information content (AvgIpc) is 3.24. The van der Waals surface area contributed by atoms with Crippen molar-refractivity contribution in [1.29, 1.82) is 0 Å². The van der Waals surface area contributed by atoms with E-state index in [4.69, 9.17) is 9.15 Å². The molecule has 0 aliphatic carbocycles. The molecule has 2 fully saturated rings. The zero-order chi connectivity index (χ0) is 15.1. The van der Waals surface area contributed by atoms with E-state index in [1.165, 1.54) is 17.8 Å². The Labute approximate surface area is 132 Å². The Morgan fingerprint density at radius 3 is 2.95 bits per heavy atom. The maximum absolute atomic E-state index is 12.3. The number of ether oxygens (including phenoxy) is 1. The summed E-state index contributed by atoms with van der Waals surface area (Å²) in [5, 5.41) is 7.32. The molecule has 6 heteroatoms. The number of aryl methyl sites for hydroxylation is 1. The van der Waals surface area contributed by atoms with Crippen molar-refractivity contribution in [2.75, 3.05) is 0 Å². The van der Waals surface area contributed by atoms with E-state index in [9.17, 15) is 4.79 Å². The van der Waals surface area contributed by atoms with Crippen molar-refractivity contribution in [1.82, 2.24) is 10.6 Å². The smallest absolute Gasteiger partial charge is 0.290 e. The highest BCUT2D eigenvalue weighted by molar-refractivity contribution is 7.15. The molecule has 0 spiro atoms. The van der Waals surface area contributed by atoms with Crippen molar-refractivity contribution in [3.63, 3.8) is 0 Å². The lowest BCUT2D eigenvalue weighted by Crippen LogP contribution is -2.42. The van der Waals surface area contributed by atoms with Crippen LogP contribution in [0.1, 0.15) is 34.7 Å². The first-order valence-corrected chi connectivity index (χ1v) is 8.40. The zero-order valence-electron chi connectivity index (χ0n) is 12.3. The molecule has 2 N–H and O–H groups in total. The van der Waals surface area contributed by atoms with Gasteiger partial charge in [-0.15, -0.1) is 0 Å². The maximum Gasteiger partial charge on any atom is 0.290 e. The van der Waals surface area contributed by atoms with Crippen molar-refractivity contribution in [2.24, 2.45) is 0 Å². The summed E-state index contributed by atoms with van der Waals surface area (Å²) < 4.78 is 11.0. The Kier molecular flexibility index (Phi) is 3.43. The van der Waals surface area contributed by atoms with Gasteiger partial charge in [-0.1, -0.05) is 11.3 Å². The van der Waals surface area contributed by atoms with Gasteiger partial charge < -0.3 is 19.8 Å². The third kappa shape index (κ3) is 2.64. The van der Waals surface area contributed by atoms with E-state index >= 15 is 0 Å². The number of nitrogens with one attached hydrogen (secondary N) is 2. The summed E-state index contributed by atoms with van der Waals surface area (Å²) in [5.74, 6) is 1.23. The van der Waals surface area contributed by atoms with Crippen molar-refractivity contribution < 1.29 is 13.9 Å². The van der Waals surface area contributed by atoms with Gasteiger partial charge in [-0.25, -0.2) is 0 Å². The molecule has 0 radical (unpaired) electrons. The second kappa shape index (κ2) is 5.44. The van der Waals surface area contributed by atoms with Gasteiger partial charge in [-0.3, -0.25) is 4.79 Å². The van der Waals surface area contributed by atoms with Crippen LogP contribution < -0.4 is 15.4 Å². The predicted molar refractivity (Wildman–Crippen MR) is 83.7 cm³/mol. The van der Waals surface area contributed by atoms with Crippen LogP contribution in [0.25, 0.3) is 0 Å². The van der Waals surface area contributed by atoms with Gasteiger partial charge in [-0.05, 0) is 44.4 Å². The van der Waals surface area contributed by atoms with E-state index < -0.39 is 0 Å². The molecule has 2 aromatic rings. The molecule has 2 aliphatic heterocycles. The fourth-order valence-corrected chi connectivity index (χ4v) is 4.05. The molecule has 1 amide bonds. The number of fused-ring (bicyclic) bond motifs is 2. The first-order valence-electron chi connectivity index (χ1n) is 7.58. The Balaban J connectivity index is 1.39. The van der Waals surface area contributed by atoms with Gasteiger partial charge in [0.25, 0.3) is 11.9 Å². The molecule has 2 aliphatic rings. The van der Waals surface area contributed by atoms with Crippen LogP contribution >= 0.6 is 11.3 Å². The highest BCUT2D eigenvalue weighted by atomic mass is 32.1. The SMILES string of the molecule is Cc1ccc(Oc2ccc(C(=O)NC3CC4CCC3N4)s2)o1. The molecule has 0 aromatic carbocycles. The van der Waals surface area contributed by atoms with E-state index in [0.29, 0.717) is 28.0 Å². The topological polar surface area (TPSA) is 63.5 Å². The zero-order valence-corrected chi connectivity index (χ0v) is 13.1. The van der Waals surface area contributed by atoms with E-state index in [0.717, 1.165) is 18.6 Å². The monoisotopic (exact) mass is 318 g/mol. The van der Waals surface area contributed by atoms with Crippen LogP contribution in [-0.2, 0) is 0 Å². The standard InChI is InChI=1S/C16H18N2O3S/c1-9-2-6-14(20-9)21-15-7-5-13(22-15)16(19)18-12-8-10-3-4-11(12)17-10/h2,5-7,10-12,17H,3-4,8H2,1H3,(H,18,19). The predicted octanol–water partition coefficient (Wildman–Crippen LogP) is 3.06. The highest BCUT2D eigenvalue weighted by Gasteiger charge is 2.39.